The number of hydrogen-bond acceptors (Lipinski definition) is 5. The van der Waals surface area contributed by atoms with Gasteiger partial charge in [-0.05, 0) is 28.1 Å². The number of nitrogens with one attached hydrogen (secondary N) is 2. The average Bonchev–Trinajstić information content (AvgIpc) is 3.28. The molecule has 6 nitrogen and oxygen atoms in total. The maximum Gasteiger partial charge on any atom is 0.250 e. The Kier molecular flexibility index (Phi) is 7.54. The second-order valence-electron chi connectivity index (χ2n) is 6.33. The standard InChI is InChI=1S/C21H22N2O4S2/c24-20(14-23-29(25,26)21-10-5-11-28-21)22-13-18-8-4-9-19(12-18)16-27-15-17-6-2-1-3-7-17/h1-12,23H,13-16H2,(H,22,24). The first kappa shape index (κ1) is 21.2. The summed E-state index contributed by atoms with van der Waals surface area (Å²) in [5.41, 5.74) is 3.03. The van der Waals surface area contributed by atoms with Gasteiger partial charge in [0.15, 0.2) is 0 Å². The number of carbonyl (C=O) groups excluding carboxylic acids is 1. The van der Waals surface area contributed by atoms with Crippen molar-refractivity contribution in [3.05, 3.63) is 88.8 Å². The third-order valence-electron chi connectivity index (χ3n) is 4.04. The predicted molar refractivity (Wildman–Crippen MR) is 113 cm³/mol. The zero-order valence-corrected chi connectivity index (χ0v) is 17.3. The van der Waals surface area contributed by atoms with E-state index in [0.29, 0.717) is 19.8 Å². The summed E-state index contributed by atoms with van der Waals surface area (Å²) >= 11 is 1.10. The molecule has 3 rings (SSSR count). The Morgan fingerprint density at radius 1 is 0.897 bits per heavy atom. The van der Waals surface area contributed by atoms with Crippen LogP contribution in [0, 0.1) is 0 Å². The third-order valence-corrected chi connectivity index (χ3v) is 6.84. The van der Waals surface area contributed by atoms with Crippen molar-refractivity contribution in [2.75, 3.05) is 6.54 Å². The van der Waals surface area contributed by atoms with Crippen molar-refractivity contribution in [1.82, 2.24) is 10.0 Å². The highest BCUT2D eigenvalue weighted by Crippen LogP contribution is 2.15. The van der Waals surface area contributed by atoms with E-state index in [2.05, 4.69) is 10.0 Å². The SMILES string of the molecule is O=C(CNS(=O)(=O)c1cccs1)NCc1cccc(COCc2ccccc2)c1. The zero-order valence-electron chi connectivity index (χ0n) is 15.7. The molecule has 8 heteroatoms. The summed E-state index contributed by atoms with van der Waals surface area (Å²) in [6.07, 6.45) is 0. The molecule has 0 bridgehead atoms. The molecule has 0 radical (unpaired) electrons. The average molecular weight is 431 g/mol. The van der Waals surface area contributed by atoms with Gasteiger partial charge < -0.3 is 10.1 Å². The number of carbonyl (C=O) groups is 1. The molecule has 0 aliphatic carbocycles. The second-order valence-corrected chi connectivity index (χ2v) is 9.27. The summed E-state index contributed by atoms with van der Waals surface area (Å²) in [7, 11) is -3.64. The number of thiophene rings is 1. The molecule has 2 aromatic carbocycles. The Bertz CT molecular complexity index is 1020. The second kappa shape index (κ2) is 10.3. The van der Waals surface area contributed by atoms with E-state index in [-0.39, 0.29) is 10.8 Å². The van der Waals surface area contributed by atoms with Crippen LogP contribution >= 0.6 is 11.3 Å². The lowest BCUT2D eigenvalue weighted by molar-refractivity contribution is -0.120. The molecule has 0 fully saturated rings. The van der Waals surface area contributed by atoms with Gasteiger partial charge in [0.25, 0.3) is 10.0 Å². The summed E-state index contributed by atoms with van der Waals surface area (Å²) in [5, 5.41) is 4.39. The Hall–Kier alpha value is -2.52. The highest BCUT2D eigenvalue weighted by Gasteiger charge is 2.16. The minimum atomic E-state index is -3.64. The first-order chi connectivity index (χ1) is 14.0. The summed E-state index contributed by atoms with van der Waals surface area (Å²) in [6, 6.07) is 20.8. The number of amides is 1. The number of hydrogen-bond donors (Lipinski definition) is 2. The van der Waals surface area contributed by atoms with Crippen molar-refractivity contribution in [1.29, 1.82) is 0 Å². The maximum absolute atomic E-state index is 12.0. The summed E-state index contributed by atoms with van der Waals surface area (Å²) in [5.74, 6) is -0.393. The Labute approximate surface area is 174 Å². The van der Waals surface area contributed by atoms with E-state index in [1.807, 2.05) is 54.6 Å². The largest absolute Gasteiger partial charge is 0.372 e. The van der Waals surface area contributed by atoms with Crippen molar-refractivity contribution < 1.29 is 17.9 Å². The molecule has 1 heterocycles. The van der Waals surface area contributed by atoms with E-state index in [0.717, 1.165) is 28.0 Å². The molecule has 29 heavy (non-hydrogen) atoms. The molecule has 0 spiro atoms. The first-order valence-corrected chi connectivity index (χ1v) is 11.4. The fourth-order valence-corrected chi connectivity index (χ4v) is 4.62. The van der Waals surface area contributed by atoms with E-state index >= 15 is 0 Å². The van der Waals surface area contributed by atoms with Crippen LogP contribution in [0.3, 0.4) is 0 Å². The monoisotopic (exact) mass is 430 g/mol. The van der Waals surface area contributed by atoms with Crippen LogP contribution in [0.2, 0.25) is 0 Å². The summed E-state index contributed by atoms with van der Waals surface area (Å²) in [4.78, 5) is 12.0. The van der Waals surface area contributed by atoms with Gasteiger partial charge in [0.1, 0.15) is 4.21 Å². The van der Waals surface area contributed by atoms with Crippen LogP contribution in [0.4, 0.5) is 0 Å². The van der Waals surface area contributed by atoms with Gasteiger partial charge in [-0.1, -0.05) is 60.7 Å². The van der Waals surface area contributed by atoms with Crippen molar-refractivity contribution in [3.8, 4) is 0 Å². The van der Waals surface area contributed by atoms with Gasteiger partial charge in [-0.2, -0.15) is 0 Å². The van der Waals surface area contributed by atoms with Crippen molar-refractivity contribution in [2.24, 2.45) is 0 Å². The van der Waals surface area contributed by atoms with Crippen LogP contribution in [0.1, 0.15) is 16.7 Å². The number of rotatable bonds is 10. The van der Waals surface area contributed by atoms with Gasteiger partial charge in [-0.3, -0.25) is 4.79 Å². The quantitative estimate of drug-likeness (QED) is 0.518. The lowest BCUT2D eigenvalue weighted by atomic mass is 10.1. The number of sulfonamides is 1. The van der Waals surface area contributed by atoms with Gasteiger partial charge in [-0.25, -0.2) is 13.1 Å². The van der Waals surface area contributed by atoms with Gasteiger partial charge in [-0.15, -0.1) is 11.3 Å². The van der Waals surface area contributed by atoms with Crippen LogP contribution < -0.4 is 10.0 Å². The van der Waals surface area contributed by atoms with Crippen molar-refractivity contribution in [2.45, 2.75) is 24.0 Å². The molecule has 1 aromatic heterocycles. The highest BCUT2D eigenvalue weighted by molar-refractivity contribution is 7.91. The van der Waals surface area contributed by atoms with Crippen LogP contribution in [0.25, 0.3) is 0 Å². The van der Waals surface area contributed by atoms with Crippen molar-refractivity contribution in [3.63, 3.8) is 0 Å². The molecule has 0 atom stereocenters. The predicted octanol–water partition coefficient (Wildman–Crippen LogP) is 3.06. The normalized spacial score (nSPS) is 11.3. The number of benzene rings is 2. The fourth-order valence-electron chi connectivity index (χ4n) is 2.60. The highest BCUT2D eigenvalue weighted by atomic mass is 32.2. The van der Waals surface area contributed by atoms with E-state index in [1.54, 1.807) is 11.4 Å². The topological polar surface area (TPSA) is 84.5 Å². The minimum absolute atomic E-state index is 0.188. The minimum Gasteiger partial charge on any atom is -0.372 e. The lowest BCUT2D eigenvalue weighted by Crippen LogP contribution is -2.36. The van der Waals surface area contributed by atoms with Crippen LogP contribution in [0.15, 0.2) is 76.3 Å². The molecule has 0 aliphatic heterocycles. The van der Waals surface area contributed by atoms with Crippen LogP contribution in [-0.4, -0.2) is 20.9 Å². The zero-order chi connectivity index (χ0) is 20.5. The van der Waals surface area contributed by atoms with Crippen LogP contribution in [-0.2, 0) is 39.3 Å². The van der Waals surface area contributed by atoms with Gasteiger partial charge >= 0.3 is 0 Å². The van der Waals surface area contributed by atoms with Gasteiger partial charge in [0.2, 0.25) is 5.91 Å². The molecule has 152 valence electrons. The van der Waals surface area contributed by atoms with Crippen molar-refractivity contribution >= 4 is 27.3 Å². The third kappa shape index (κ3) is 6.79. The molecular weight excluding hydrogens is 408 g/mol. The van der Waals surface area contributed by atoms with E-state index < -0.39 is 15.9 Å². The van der Waals surface area contributed by atoms with E-state index in [1.165, 1.54) is 6.07 Å². The lowest BCUT2D eigenvalue weighted by Gasteiger charge is -2.09. The molecule has 0 aliphatic rings. The van der Waals surface area contributed by atoms with E-state index in [4.69, 9.17) is 4.74 Å². The Morgan fingerprint density at radius 2 is 1.62 bits per heavy atom. The summed E-state index contributed by atoms with van der Waals surface area (Å²) < 4.78 is 32.3. The molecule has 1 amide bonds. The smallest absolute Gasteiger partial charge is 0.250 e. The number of ether oxygens (including phenoxy) is 1. The summed E-state index contributed by atoms with van der Waals surface area (Å²) in [6.45, 7) is 1.01. The molecule has 0 unspecified atom stereocenters. The first-order valence-electron chi connectivity index (χ1n) is 9.02. The van der Waals surface area contributed by atoms with Crippen LogP contribution in [0.5, 0.6) is 0 Å². The molecule has 0 saturated carbocycles. The van der Waals surface area contributed by atoms with E-state index in [9.17, 15) is 13.2 Å². The molecule has 3 aromatic rings. The fraction of sp³-hybridized carbons (Fsp3) is 0.190. The maximum atomic E-state index is 12.0. The molecule has 0 saturated heterocycles. The Balaban J connectivity index is 1.43. The molecular formula is C21H22N2O4S2. The van der Waals surface area contributed by atoms with Gasteiger partial charge in [0, 0.05) is 6.54 Å². The van der Waals surface area contributed by atoms with Gasteiger partial charge in [0.05, 0.1) is 19.8 Å². The Morgan fingerprint density at radius 3 is 2.38 bits per heavy atom. The molecule has 2 N–H and O–H groups in total.